The zero-order chi connectivity index (χ0) is 8.72. The highest BCUT2D eigenvalue weighted by molar-refractivity contribution is 5.19. The van der Waals surface area contributed by atoms with Crippen LogP contribution in [0.25, 0.3) is 0 Å². The van der Waals surface area contributed by atoms with Gasteiger partial charge in [-0.3, -0.25) is 0 Å². The van der Waals surface area contributed by atoms with E-state index in [1.165, 1.54) is 19.3 Å². The van der Waals surface area contributed by atoms with E-state index in [0.717, 1.165) is 12.6 Å². The van der Waals surface area contributed by atoms with Crippen LogP contribution in [0.3, 0.4) is 0 Å². The molecule has 2 nitrogen and oxygen atoms in total. The van der Waals surface area contributed by atoms with E-state index in [-0.39, 0.29) is 0 Å². The third kappa shape index (κ3) is 1.10. The normalized spacial score (nSPS) is 29.8. The van der Waals surface area contributed by atoms with Gasteiger partial charge in [-0.2, -0.15) is 0 Å². The molecular formula is C10H18N2. The minimum absolute atomic E-state index is 0.887. The van der Waals surface area contributed by atoms with E-state index in [1.54, 1.807) is 11.4 Å². The van der Waals surface area contributed by atoms with Gasteiger partial charge in [0.05, 0.1) is 6.67 Å². The Balaban J connectivity index is 2.23. The molecule has 1 unspecified atom stereocenters. The average molecular weight is 166 g/mol. The number of hydrogen-bond acceptors (Lipinski definition) is 2. The van der Waals surface area contributed by atoms with E-state index >= 15 is 0 Å². The lowest BCUT2D eigenvalue weighted by Crippen LogP contribution is -2.21. The van der Waals surface area contributed by atoms with Crippen LogP contribution in [0.2, 0.25) is 0 Å². The molecule has 0 amide bonds. The quantitative estimate of drug-likeness (QED) is 0.542. The zero-order valence-corrected chi connectivity index (χ0v) is 8.30. The molecule has 0 spiro atoms. The summed E-state index contributed by atoms with van der Waals surface area (Å²) in [7, 11) is 4.41. The third-order valence-electron chi connectivity index (χ3n) is 3.09. The Labute approximate surface area is 74.8 Å². The second kappa shape index (κ2) is 2.68. The summed E-state index contributed by atoms with van der Waals surface area (Å²) in [5.74, 6) is 0.887. The molecule has 0 aromatic heterocycles. The SMILES string of the molecule is CC1CCC2=C(C1)N(C)CN2C. The van der Waals surface area contributed by atoms with E-state index in [2.05, 4.69) is 30.8 Å². The first-order valence-electron chi connectivity index (χ1n) is 4.83. The molecule has 12 heavy (non-hydrogen) atoms. The van der Waals surface area contributed by atoms with E-state index in [9.17, 15) is 0 Å². The van der Waals surface area contributed by atoms with Gasteiger partial charge >= 0.3 is 0 Å². The molecule has 68 valence electrons. The number of nitrogens with zero attached hydrogens (tertiary/aromatic N) is 2. The van der Waals surface area contributed by atoms with Crippen molar-refractivity contribution in [3.63, 3.8) is 0 Å². The van der Waals surface area contributed by atoms with Crippen LogP contribution in [0.1, 0.15) is 26.2 Å². The van der Waals surface area contributed by atoms with Crippen molar-refractivity contribution in [3.8, 4) is 0 Å². The Morgan fingerprint density at radius 2 is 1.83 bits per heavy atom. The number of allylic oxidation sites excluding steroid dienone is 2. The molecule has 1 aliphatic carbocycles. The largest absolute Gasteiger partial charge is 0.359 e. The maximum Gasteiger partial charge on any atom is 0.0892 e. The van der Waals surface area contributed by atoms with Crippen LogP contribution in [0.15, 0.2) is 11.4 Å². The third-order valence-corrected chi connectivity index (χ3v) is 3.09. The molecule has 0 saturated heterocycles. The predicted molar refractivity (Wildman–Crippen MR) is 50.4 cm³/mol. The summed E-state index contributed by atoms with van der Waals surface area (Å²) in [6.45, 7) is 3.45. The molecule has 0 N–H and O–H groups in total. The van der Waals surface area contributed by atoms with E-state index < -0.39 is 0 Å². The topological polar surface area (TPSA) is 6.48 Å². The number of rotatable bonds is 0. The molecule has 2 heteroatoms. The smallest absolute Gasteiger partial charge is 0.0892 e. The second-order valence-corrected chi connectivity index (χ2v) is 4.28. The van der Waals surface area contributed by atoms with Crippen LogP contribution >= 0.6 is 0 Å². The van der Waals surface area contributed by atoms with Crippen molar-refractivity contribution in [3.05, 3.63) is 11.4 Å². The summed E-state index contributed by atoms with van der Waals surface area (Å²) < 4.78 is 0. The molecule has 1 atom stereocenters. The van der Waals surface area contributed by atoms with Gasteiger partial charge in [-0.15, -0.1) is 0 Å². The van der Waals surface area contributed by atoms with Gasteiger partial charge in [0, 0.05) is 25.5 Å². The molecule has 0 aromatic rings. The minimum atomic E-state index is 0.887. The van der Waals surface area contributed by atoms with Gasteiger partial charge in [0.1, 0.15) is 0 Å². The summed E-state index contributed by atoms with van der Waals surface area (Å²) in [5, 5.41) is 0. The van der Waals surface area contributed by atoms with Gasteiger partial charge in [-0.05, 0) is 25.2 Å². The van der Waals surface area contributed by atoms with Crippen molar-refractivity contribution in [2.45, 2.75) is 26.2 Å². The summed E-state index contributed by atoms with van der Waals surface area (Å²) in [6.07, 6.45) is 3.95. The van der Waals surface area contributed by atoms with Gasteiger partial charge in [0.2, 0.25) is 0 Å². The fourth-order valence-electron chi connectivity index (χ4n) is 2.35. The Hall–Kier alpha value is -0.660. The summed E-state index contributed by atoms with van der Waals surface area (Å²) in [6, 6.07) is 0. The highest BCUT2D eigenvalue weighted by Gasteiger charge is 2.28. The van der Waals surface area contributed by atoms with Crippen LogP contribution in [0.4, 0.5) is 0 Å². The van der Waals surface area contributed by atoms with Crippen LogP contribution in [-0.2, 0) is 0 Å². The molecule has 0 bridgehead atoms. The van der Waals surface area contributed by atoms with Crippen LogP contribution in [0.5, 0.6) is 0 Å². The lowest BCUT2D eigenvalue weighted by atomic mass is 9.91. The standard InChI is InChI=1S/C10H18N2/c1-8-4-5-9-10(6-8)12(3)7-11(9)2/h8H,4-7H2,1-3H3. The highest BCUT2D eigenvalue weighted by Crippen LogP contribution is 2.35. The molecule has 0 radical (unpaired) electrons. The lowest BCUT2D eigenvalue weighted by Gasteiger charge is -2.23. The van der Waals surface area contributed by atoms with Gasteiger partial charge in [0.25, 0.3) is 0 Å². The maximum absolute atomic E-state index is 2.39. The zero-order valence-electron chi connectivity index (χ0n) is 8.30. The Kier molecular flexibility index (Phi) is 1.78. The van der Waals surface area contributed by atoms with Gasteiger partial charge < -0.3 is 9.80 Å². The highest BCUT2D eigenvalue weighted by atomic mass is 15.3. The molecular weight excluding hydrogens is 148 g/mol. The predicted octanol–water partition coefficient (Wildman–Crippen LogP) is 1.85. The summed E-state index contributed by atoms with van der Waals surface area (Å²) >= 11 is 0. The average Bonchev–Trinajstić information content (AvgIpc) is 2.28. The van der Waals surface area contributed by atoms with Crippen molar-refractivity contribution < 1.29 is 0 Å². The summed E-state index contributed by atoms with van der Waals surface area (Å²) in [5.41, 5.74) is 3.19. The lowest BCUT2D eigenvalue weighted by molar-refractivity contribution is 0.313. The molecule has 0 saturated carbocycles. The fourth-order valence-corrected chi connectivity index (χ4v) is 2.35. The Bertz CT molecular complexity index is 220. The maximum atomic E-state index is 2.39. The van der Waals surface area contributed by atoms with Gasteiger partial charge in [0.15, 0.2) is 0 Å². The Morgan fingerprint density at radius 3 is 2.58 bits per heavy atom. The molecule has 0 aromatic carbocycles. The van der Waals surface area contributed by atoms with Crippen molar-refractivity contribution >= 4 is 0 Å². The van der Waals surface area contributed by atoms with Gasteiger partial charge in [-0.1, -0.05) is 6.92 Å². The minimum Gasteiger partial charge on any atom is -0.359 e. The second-order valence-electron chi connectivity index (χ2n) is 4.28. The first-order chi connectivity index (χ1) is 5.68. The molecule has 0 fully saturated rings. The molecule has 1 aliphatic heterocycles. The molecule has 1 heterocycles. The van der Waals surface area contributed by atoms with Crippen molar-refractivity contribution in [1.29, 1.82) is 0 Å². The van der Waals surface area contributed by atoms with Crippen LogP contribution in [-0.4, -0.2) is 30.6 Å². The summed E-state index contributed by atoms with van der Waals surface area (Å²) in [4.78, 5) is 4.78. The van der Waals surface area contributed by atoms with Crippen LogP contribution in [0, 0.1) is 5.92 Å². The first kappa shape index (κ1) is 7.96. The Morgan fingerprint density at radius 1 is 1.17 bits per heavy atom. The first-order valence-corrected chi connectivity index (χ1v) is 4.83. The fraction of sp³-hybridized carbons (Fsp3) is 0.800. The molecule has 2 rings (SSSR count). The van der Waals surface area contributed by atoms with E-state index in [0.29, 0.717) is 0 Å². The van der Waals surface area contributed by atoms with Crippen molar-refractivity contribution in [2.24, 2.45) is 5.92 Å². The van der Waals surface area contributed by atoms with Crippen LogP contribution < -0.4 is 0 Å². The van der Waals surface area contributed by atoms with Crippen molar-refractivity contribution in [1.82, 2.24) is 9.80 Å². The number of hydrogen-bond donors (Lipinski definition) is 0. The molecule has 2 aliphatic rings. The van der Waals surface area contributed by atoms with E-state index in [1.807, 2.05) is 0 Å². The van der Waals surface area contributed by atoms with E-state index in [4.69, 9.17) is 0 Å². The van der Waals surface area contributed by atoms with Gasteiger partial charge in [-0.25, -0.2) is 0 Å². The van der Waals surface area contributed by atoms with Crippen molar-refractivity contribution in [2.75, 3.05) is 20.8 Å². The monoisotopic (exact) mass is 166 g/mol.